The second-order valence-corrected chi connectivity index (χ2v) is 5.23. The van der Waals surface area contributed by atoms with E-state index in [0.717, 1.165) is 31.2 Å². The Morgan fingerprint density at radius 1 is 1.48 bits per heavy atom. The van der Waals surface area contributed by atoms with E-state index in [1.54, 1.807) is 4.90 Å². The van der Waals surface area contributed by atoms with Gasteiger partial charge in [0, 0.05) is 18.8 Å². The molecule has 1 unspecified atom stereocenters. The predicted molar refractivity (Wildman–Crippen MR) is 73.1 cm³/mol. The third-order valence-corrected chi connectivity index (χ3v) is 3.75. The Balaban J connectivity index is 1.91. The van der Waals surface area contributed by atoms with Gasteiger partial charge in [-0.2, -0.15) is 0 Å². The molecule has 1 atom stereocenters. The van der Waals surface area contributed by atoms with Crippen molar-refractivity contribution < 1.29 is 13.7 Å². The molecule has 1 aliphatic heterocycles. The second-order valence-electron chi connectivity index (χ2n) is 5.23. The summed E-state index contributed by atoms with van der Waals surface area (Å²) in [6, 6.07) is 3.09. The van der Waals surface area contributed by atoms with Gasteiger partial charge in [-0.1, -0.05) is 5.16 Å². The van der Waals surface area contributed by atoms with Crippen LogP contribution < -0.4 is 0 Å². The van der Waals surface area contributed by atoms with Gasteiger partial charge >= 0.3 is 0 Å². The molecule has 0 aliphatic carbocycles. The summed E-state index contributed by atoms with van der Waals surface area (Å²) in [5, 5.41) is 4.01. The van der Waals surface area contributed by atoms with E-state index in [4.69, 9.17) is 4.52 Å². The lowest BCUT2D eigenvalue weighted by atomic mass is 9.98. The molecule has 0 N–H and O–H groups in total. The summed E-state index contributed by atoms with van der Waals surface area (Å²) in [7, 11) is 0. The van der Waals surface area contributed by atoms with E-state index < -0.39 is 5.82 Å². The number of hydrogen-bond acceptors (Lipinski definition) is 4. The normalized spacial score (nSPS) is 18.8. The van der Waals surface area contributed by atoms with Gasteiger partial charge in [0.1, 0.15) is 11.5 Å². The number of carbonyl (C=O) groups excluding carboxylic acids is 1. The first kappa shape index (κ1) is 13.7. The number of rotatable bonds is 2. The van der Waals surface area contributed by atoms with Crippen molar-refractivity contribution in [1.29, 1.82) is 0 Å². The zero-order valence-electron chi connectivity index (χ0n) is 11.8. The first-order valence-electron chi connectivity index (χ1n) is 7.00. The Kier molecular flexibility index (Phi) is 3.68. The number of aryl methyl sites for hydroxylation is 1. The first-order chi connectivity index (χ1) is 10.2. The van der Waals surface area contributed by atoms with E-state index in [9.17, 15) is 9.18 Å². The molecule has 0 radical (unpaired) electrons. The molecule has 0 aromatic carbocycles. The van der Waals surface area contributed by atoms with Crippen LogP contribution in [0.2, 0.25) is 0 Å². The maximum atomic E-state index is 13.8. The van der Waals surface area contributed by atoms with E-state index in [2.05, 4.69) is 10.1 Å². The van der Waals surface area contributed by atoms with Gasteiger partial charge in [0.05, 0.1) is 17.8 Å². The fraction of sp³-hybridized carbons (Fsp3) is 0.400. The molecule has 1 saturated heterocycles. The highest BCUT2D eigenvalue weighted by Crippen LogP contribution is 2.32. The van der Waals surface area contributed by atoms with Crippen LogP contribution in [0.1, 0.15) is 47.1 Å². The molecule has 3 heterocycles. The van der Waals surface area contributed by atoms with E-state index >= 15 is 0 Å². The Bertz CT molecular complexity index is 656. The Morgan fingerprint density at radius 3 is 3.05 bits per heavy atom. The van der Waals surface area contributed by atoms with E-state index in [1.807, 2.05) is 13.0 Å². The smallest absolute Gasteiger partial charge is 0.257 e. The van der Waals surface area contributed by atoms with Crippen molar-refractivity contribution in [3.05, 3.63) is 47.4 Å². The van der Waals surface area contributed by atoms with Gasteiger partial charge in [0.25, 0.3) is 5.91 Å². The van der Waals surface area contributed by atoms with Crippen LogP contribution in [0.15, 0.2) is 29.0 Å². The zero-order valence-corrected chi connectivity index (χ0v) is 11.8. The van der Waals surface area contributed by atoms with Crippen molar-refractivity contribution in [2.24, 2.45) is 0 Å². The third-order valence-electron chi connectivity index (χ3n) is 3.75. The van der Waals surface area contributed by atoms with Gasteiger partial charge in [-0.05, 0) is 32.3 Å². The molecule has 1 fully saturated rings. The van der Waals surface area contributed by atoms with E-state index in [0.29, 0.717) is 12.3 Å². The Labute approximate surface area is 121 Å². The van der Waals surface area contributed by atoms with Crippen LogP contribution in [-0.4, -0.2) is 27.5 Å². The summed E-state index contributed by atoms with van der Waals surface area (Å²) in [5.74, 6) is -0.207. The number of likely N-dealkylation sites (tertiary alicyclic amines) is 1. The van der Waals surface area contributed by atoms with Crippen LogP contribution >= 0.6 is 0 Å². The molecule has 0 saturated carbocycles. The number of nitrogens with zero attached hydrogens (tertiary/aromatic N) is 3. The van der Waals surface area contributed by atoms with Crippen LogP contribution in [0, 0.1) is 12.7 Å². The molecule has 5 nitrogen and oxygen atoms in total. The summed E-state index contributed by atoms with van der Waals surface area (Å²) in [6.45, 7) is 2.41. The van der Waals surface area contributed by atoms with Crippen LogP contribution in [0.3, 0.4) is 0 Å². The number of carbonyl (C=O) groups is 1. The molecule has 1 aliphatic rings. The lowest BCUT2D eigenvalue weighted by molar-refractivity contribution is 0.0597. The Hall–Kier alpha value is -2.24. The molecular formula is C15H16FN3O2. The van der Waals surface area contributed by atoms with Crippen molar-refractivity contribution in [2.75, 3.05) is 6.54 Å². The molecule has 2 aromatic rings. The molecule has 0 spiro atoms. The van der Waals surface area contributed by atoms with Gasteiger partial charge in [-0.3, -0.25) is 9.78 Å². The summed E-state index contributed by atoms with van der Waals surface area (Å²) in [4.78, 5) is 18.0. The zero-order chi connectivity index (χ0) is 14.8. The molecule has 1 amide bonds. The number of hydrogen-bond donors (Lipinski definition) is 0. The largest absolute Gasteiger partial charge is 0.361 e. The summed E-state index contributed by atoms with van der Waals surface area (Å²) in [6.07, 6.45) is 5.22. The third kappa shape index (κ3) is 2.66. The Morgan fingerprint density at radius 2 is 2.33 bits per heavy atom. The maximum absolute atomic E-state index is 13.8. The van der Waals surface area contributed by atoms with Crippen molar-refractivity contribution >= 4 is 5.91 Å². The fourth-order valence-corrected chi connectivity index (χ4v) is 2.73. The fourth-order valence-electron chi connectivity index (χ4n) is 2.73. The summed E-state index contributed by atoms with van der Waals surface area (Å²) in [5.41, 5.74) is 0.784. The quantitative estimate of drug-likeness (QED) is 0.853. The van der Waals surface area contributed by atoms with Crippen molar-refractivity contribution in [3.63, 3.8) is 0 Å². The second kappa shape index (κ2) is 5.63. The highest BCUT2D eigenvalue weighted by Gasteiger charge is 2.31. The van der Waals surface area contributed by atoms with E-state index in [1.165, 1.54) is 12.3 Å². The molecule has 21 heavy (non-hydrogen) atoms. The minimum Gasteiger partial charge on any atom is -0.361 e. The average Bonchev–Trinajstić information content (AvgIpc) is 2.93. The molecule has 2 aromatic heterocycles. The lowest BCUT2D eigenvalue weighted by Crippen LogP contribution is -2.39. The highest BCUT2D eigenvalue weighted by molar-refractivity contribution is 5.94. The minimum atomic E-state index is -0.594. The highest BCUT2D eigenvalue weighted by atomic mass is 19.1. The van der Waals surface area contributed by atoms with Crippen molar-refractivity contribution in [2.45, 2.75) is 32.2 Å². The number of aromatic nitrogens is 2. The minimum absolute atomic E-state index is 0.0529. The monoisotopic (exact) mass is 289 g/mol. The first-order valence-corrected chi connectivity index (χ1v) is 7.00. The predicted octanol–water partition coefficient (Wildman–Crippen LogP) is 2.88. The van der Waals surface area contributed by atoms with Gasteiger partial charge in [0.15, 0.2) is 5.82 Å². The number of piperidine rings is 1. The lowest BCUT2D eigenvalue weighted by Gasteiger charge is -2.34. The van der Waals surface area contributed by atoms with E-state index in [-0.39, 0.29) is 17.5 Å². The molecule has 3 rings (SSSR count). The van der Waals surface area contributed by atoms with Gasteiger partial charge < -0.3 is 9.42 Å². The van der Waals surface area contributed by atoms with Gasteiger partial charge in [0.2, 0.25) is 0 Å². The SMILES string of the molecule is Cc1cc(C2CCCCN2C(=O)c2ccncc2F)no1. The van der Waals surface area contributed by atoms with Gasteiger partial charge in [-0.25, -0.2) is 4.39 Å². The van der Waals surface area contributed by atoms with Crippen LogP contribution in [0.5, 0.6) is 0 Å². The number of amides is 1. The molecular weight excluding hydrogens is 273 g/mol. The van der Waals surface area contributed by atoms with Crippen LogP contribution in [0.25, 0.3) is 0 Å². The maximum Gasteiger partial charge on any atom is 0.257 e. The topological polar surface area (TPSA) is 59.2 Å². The number of halogens is 1. The summed E-state index contributed by atoms with van der Waals surface area (Å²) >= 11 is 0. The molecule has 110 valence electrons. The van der Waals surface area contributed by atoms with Gasteiger partial charge in [-0.15, -0.1) is 0 Å². The molecule has 6 heteroatoms. The van der Waals surface area contributed by atoms with Crippen LogP contribution in [0.4, 0.5) is 4.39 Å². The standard InChI is InChI=1S/C15H16FN3O2/c1-10-8-13(18-21-10)14-4-2-3-7-19(14)15(20)11-5-6-17-9-12(11)16/h5-6,8-9,14H,2-4,7H2,1H3. The number of pyridine rings is 1. The van der Waals surface area contributed by atoms with Crippen molar-refractivity contribution in [1.82, 2.24) is 15.0 Å². The molecule has 0 bridgehead atoms. The van der Waals surface area contributed by atoms with Crippen molar-refractivity contribution in [3.8, 4) is 0 Å². The van der Waals surface area contributed by atoms with Crippen LogP contribution in [-0.2, 0) is 0 Å². The summed E-state index contributed by atoms with van der Waals surface area (Å²) < 4.78 is 18.9. The average molecular weight is 289 g/mol.